The molecule has 1 unspecified atom stereocenters. The van der Waals surface area contributed by atoms with Crippen molar-refractivity contribution in [2.75, 3.05) is 0 Å². The molecule has 1 aliphatic rings. The van der Waals surface area contributed by atoms with Crippen LogP contribution < -0.4 is 0 Å². The molecule has 1 aromatic rings. The van der Waals surface area contributed by atoms with Gasteiger partial charge in [-0.05, 0) is 43.4 Å². The van der Waals surface area contributed by atoms with Crippen LogP contribution in [0, 0.1) is 0 Å². The molecule has 2 rings (SSSR count). The summed E-state index contributed by atoms with van der Waals surface area (Å²) in [6.45, 7) is 0. The summed E-state index contributed by atoms with van der Waals surface area (Å²) in [5.74, 6) is 0. The van der Waals surface area contributed by atoms with Crippen LogP contribution in [0.5, 0.6) is 0 Å². The number of aliphatic hydroxyl groups is 1. The van der Waals surface area contributed by atoms with Gasteiger partial charge >= 0.3 is 0 Å². The second-order valence-corrected chi connectivity index (χ2v) is 5.64. The molecule has 0 saturated carbocycles. The van der Waals surface area contributed by atoms with E-state index in [2.05, 4.69) is 6.08 Å². The summed E-state index contributed by atoms with van der Waals surface area (Å²) in [7, 11) is 0. The van der Waals surface area contributed by atoms with Crippen LogP contribution in [-0.2, 0) is 0 Å². The van der Waals surface area contributed by atoms with Gasteiger partial charge in [0.05, 0.1) is 0 Å². The van der Waals surface area contributed by atoms with E-state index in [-0.39, 0.29) is 0 Å². The summed E-state index contributed by atoms with van der Waals surface area (Å²) < 4.78 is 0. The minimum absolute atomic E-state index is 0.540. The van der Waals surface area contributed by atoms with Crippen molar-refractivity contribution in [3.63, 3.8) is 0 Å². The van der Waals surface area contributed by atoms with Crippen LogP contribution in [0.15, 0.2) is 29.8 Å². The predicted octanol–water partition coefficient (Wildman–Crippen LogP) is 5.31. The van der Waals surface area contributed by atoms with Gasteiger partial charge in [0.15, 0.2) is 0 Å². The number of hydrogen-bond acceptors (Lipinski definition) is 1. The van der Waals surface area contributed by atoms with Crippen molar-refractivity contribution in [1.82, 2.24) is 0 Å². The summed E-state index contributed by atoms with van der Waals surface area (Å²) in [4.78, 5) is 0. The molecule has 98 valence electrons. The lowest BCUT2D eigenvalue weighted by Crippen LogP contribution is -2.04. The molecule has 1 nitrogen and oxygen atoms in total. The van der Waals surface area contributed by atoms with Gasteiger partial charge in [-0.1, -0.05) is 48.2 Å². The van der Waals surface area contributed by atoms with E-state index in [0.29, 0.717) is 10.0 Å². The van der Waals surface area contributed by atoms with Crippen LogP contribution in [0.25, 0.3) is 0 Å². The fourth-order valence-corrected chi connectivity index (χ4v) is 2.90. The monoisotopic (exact) mass is 284 g/mol. The van der Waals surface area contributed by atoms with Gasteiger partial charge in [-0.25, -0.2) is 0 Å². The molecule has 3 heteroatoms. The third-order valence-electron chi connectivity index (χ3n) is 3.43. The molecule has 1 N–H and O–H groups in total. The largest absolute Gasteiger partial charge is 0.384 e. The fraction of sp³-hybridized carbons (Fsp3) is 0.467. The minimum Gasteiger partial charge on any atom is -0.384 e. The van der Waals surface area contributed by atoms with Gasteiger partial charge in [0, 0.05) is 15.6 Å². The zero-order chi connectivity index (χ0) is 13.0. The molecule has 0 radical (unpaired) electrons. The second kappa shape index (κ2) is 6.60. The van der Waals surface area contributed by atoms with Gasteiger partial charge in [0.1, 0.15) is 6.10 Å². The molecular formula is C15H18Cl2O. The van der Waals surface area contributed by atoms with Crippen molar-refractivity contribution >= 4 is 23.2 Å². The highest BCUT2D eigenvalue weighted by Crippen LogP contribution is 2.33. The summed E-state index contributed by atoms with van der Waals surface area (Å²) in [6, 6.07) is 5.27. The van der Waals surface area contributed by atoms with Gasteiger partial charge in [-0.3, -0.25) is 0 Å². The molecule has 0 bridgehead atoms. The Morgan fingerprint density at radius 3 is 2.61 bits per heavy atom. The van der Waals surface area contributed by atoms with E-state index in [1.807, 2.05) is 6.07 Å². The highest BCUT2D eigenvalue weighted by molar-refractivity contribution is 6.35. The maximum absolute atomic E-state index is 10.4. The Bertz CT molecular complexity index is 440. The number of benzene rings is 1. The quantitative estimate of drug-likeness (QED) is 0.730. The van der Waals surface area contributed by atoms with Crippen LogP contribution in [0.2, 0.25) is 10.0 Å². The number of hydrogen-bond donors (Lipinski definition) is 1. The third-order valence-corrected chi connectivity index (χ3v) is 4.00. The van der Waals surface area contributed by atoms with Crippen molar-refractivity contribution in [1.29, 1.82) is 0 Å². The van der Waals surface area contributed by atoms with E-state index >= 15 is 0 Å². The smallest absolute Gasteiger partial charge is 0.101 e. The van der Waals surface area contributed by atoms with Crippen molar-refractivity contribution in [2.24, 2.45) is 0 Å². The molecule has 0 heterocycles. The van der Waals surface area contributed by atoms with Crippen molar-refractivity contribution < 1.29 is 5.11 Å². The summed E-state index contributed by atoms with van der Waals surface area (Å²) in [6.07, 6.45) is 8.50. The topological polar surface area (TPSA) is 20.2 Å². The fourth-order valence-electron chi connectivity index (χ4n) is 2.39. The minimum atomic E-state index is -0.590. The highest BCUT2D eigenvalue weighted by atomic mass is 35.5. The molecule has 1 aromatic carbocycles. The van der Waals surface area contributed by atoms with Crippen molar-refractivity contribution in [3.05, 3.63) is 45.5 Å². The van der Waals surface area contributed by atoms with E-state index in [1.165, 1.54) is 19.3 Å². The number of allylic oxidation sites excluding steroid dienone is 1. The van der Waals surface area contributed by atoms with E-state index in [4.69, 9.17) is 23.2 Å². The Labute approximate surface area is 118 Å². The van der Waals surface area contributed by atoms with Gasteiger partial charge < -0.3 is 5.11 Å². The Hall–Kier alpha value is -0.500. The average Bonchev–Trinajstić information content (AvgIpc) is 2.27. The molecule has 1 aliphatic carbocycles. The van der Waals surface area contributed by atoms with Gasteiger partial charge in [0.2, 0.25) is 0 Å². The van der Waals surface area contributed by atoms with E-state index < -0.39 is 6.10 Å². The molecule has 18 heavy (non-hydrogen) atoms. The first kappa shape index (κ1) is 13.9. The van der Waals surface area contributed by atoms with Crippen LogP contribution in [0.3, 0.4) is 0 Å². The normalized spacial score (nSPS) is 21.6. The zero-order valence-corrected chi connectivity index (χ0v) is 11.8. The summed E-state index contributed by atoms with van der Waals surface area (Å²) in [5, 5.41) is 11.6. The zero-order valence-electron chi connectivity index (χ0n) is 10.3. The second-order valence-electron chi connectivity index (χ2n) is 4.80. The molecule has 1 atom stereocenters. The molecule has 0 aliphatic heterocycles. The Morgan fingerprint density at radius 2 is 1.83 bits per heavy atom. The van der Waals surface area contributed by atoms with Crippen molar-refractivity contribution in [3.8, 4) is 0 Å². The lowest BCUT2D eigenvalue weighted by molar-refractivity contribution is 0.209. The Balaban J connectivity index is 2.20. The predicted molar refractivity (Wildman–Crippen MR) is 77.2 cm³/mol. The van der Waals surface area contributed by atoms with Gasteiger partial charge in [0.25, 0.3) is 0 Å². The molecule has 0 amide bonds. The average molecular weight is 285 g/mol. The standard InChI is InChI=1S/C15H18Cl2O/c16-12-8-9-13(14(17)10-12)15(18)11-6-4-2-1-3-5-7-11/h6,8-10,15,18H,1-5,7H2/b11-6+. The number of rotatable bonds is 2. The van der Waals surface area contributed by atoms with Gasteiger partial charge in [-0.2, -0.15) is 0 Å². The van der Waals surface area contributed by atoms with E-state index in [9.17, 15) is 5.11 Å². The molecule has 0 fully saturated rings. The lowest BCUT2D eigenvalue weighted by atomic mass is 9.93. The number of halogens is 2. The van der Waals surface area contributed by atoms with Crippen LogP contribution in [0.1, 0.15) is 50.2 Å². The number of aliphatic hydroxyl groups excluding tert-OH is 1. The van der Waals surface area contributed by atoms with E-state index in [1.54, 1.807) is 12.1 Å². The first-order chi connectivity index (χ1) is 8.68. The summed E-state index contributed by atoms with van der Waals surface area (Å²) in [5.41, 5.74) is 1.85. The molecular weight excluding hydrogens is 267 g/mol. The summed E-state index contributed by atoms with van der Waals surface area (Å²) >= 11 is 12.0. The lowest BCUT2D eigenvalue weighted by Gasteiger charge is -2.19. The van der Waals surface area contributed by atoms with Crippen LogP contribution >= 0.6 is 23.2 Å². The first-order valence-electron chi connectivity index (χ1n) is 6.50. The Morgan fingerprint density at radius 1 is 1.06 bits per heavy atom. The molecule has 0 spiro atoms. The SMILES string of the molecule is OC(/C1=C/CCCCCC1)c1ccc(Cl)cc1Cl. The van der Waals surface area contributed by atoms with Crippen molar-refractivity contribution in [2.45, 2.75) is 44.6 Å². The van der Waals surface area contributed by atoms with E-state index in [0.717, 1.165) is 30.4 Å². The molecule has 0 aromatic heterocycles. The maximum atomic E-state index is 10.4. The molecule has 0 saturated heterocycles. The highest BCUT2D eigenvalue weighted by Gasteiger charge is 2.17. The third kappa shape index (κ3) is 3.50. The van der Waals surface area contributed by atoms with Crippen LogP contribution in [0.4, 0.5) is 0 Å². The van der Waals surface area contributed by atoms with Gasteiger partial charge in [-0.15, -0.1) is 0 Å². The first-order valence-corrected chi connectivity index (χ1v) is 7.26. The maximum Gasteiger partial charge on any atom is 0.101 e. The Kier molecular flexibility index (Phi) is 5.11. The van der Waals surface area contributed by atoms with Crippen LogP contribution in [-0.4, -0.2) is 5.11 Å².